The van der Waals surface area contributed by atoms with Gasteiger partial charge in [0, 0.05) is 47.2 Å². The third-order valence-electron chi connectivity index (χ3n) is 7.86. The van der Waals surface area contributed by atoms with Crippen LogP contribution >= 0.6 is 0 Å². The number of piperidine rings is 1. The lowest BCUT2D eigenvalue weighted by atomic mass is 9.87. The molecule has 1 aliphatic heterocycles. The molecule has 1 saturated heterocycles. The third-order valence-corrected chi connectivity index (χ3v) is 7.86. The zero-order chi connectivity index (χ0) is 25.5. The van der Waals surface area contributed by atoms with E-state index < -0.39 is 0 Å². The molecule has 5 heterocycles. The largest absolute Gasteiger partial charge is 0.354 e. The van der Waals surface area contributed by atoms with Crippen LogP contribution in [0.2, 0.25) is 0 Å². The number of nitrogens with zero attached hydrogens (tertiary/aromatic N) is 6. The number of likely N-dealkylation sites (tertiary alicyclic amines) is 1. The molecule has 6 rings (SSSR count). The number of H-pyrrole nitrogens is 1. The zero-order valence-corrected chi connectivity index (χ0v) is 22.2. The second-order valence-corrected chi connectivity index (χ2v) is 10.7. The summed E-state index contributed by atoms with van der Waals surface area (Å²) in [6.07, 6.45) is 10.9. The Bertz CT molecular complexity index is 1540. The van der Waals surface area contributed by atoms with E-state index in [-0.39, 0.29) is 0 Å². The molecule has 1 N–H and O–H groups in total. The fraction of sp³-hybridized carbons (Fsp3) is 0.400. The van der Waals surface area contributed by atoms with E-state index in [4.69, 9.17) is 0 Å². The van der Waals surface area contributed by atoms with E-state index in [1.807, 2.05) is 23.8 Å². The normalized spacial score (nSPS) is 15.4. The van der Waals surface area contributed by atoms with E-state index in [1.165, 1.54) is 57.3 Å². The highest BCUT2D eigenvalue weighted by Gasteiger charge is 2.23. The van der Waals surface area contributed by atoms with Gasteiger partial charge in [0.2, 0.25) is 0 Å². The summed E-state index contributed by atoms with van der Waals surface area (Å²) in [5.41, 5.74) is 9.77. The Morgan fingerprint density at radius 2 is 1.84 bits per heavy atom. The maximum Gasteiger partial charge on any atom is 0.158 e. The SMILES string of the molecule is CCc1cc(-c2[nH]c3ccc(C4CCN(Cc5cnc(C)nc5)CC4)cc3c2C(C)C)cn2ncnc12. The molecule has 0 spiro atoms. The minimum absolute atomic E-state index is 0.397. The van der Waals surface area contributed by atoms with Gasteiger partial charge in [-0.3, -0.25) is 4.90 Å². The average Bonchev–Trinajstić information content (AvgIpc) is 3.54. The number of hydrogen-bond acceptors (Lipinski definition) is 5. The summed E-state index contributed by atoms with van der Waals surface area (Å²) < 4.78 is 1.91. The molecule has 190 valence electrons. The molecule has 0 amide bonds. The third kappa shape index (κ3) is 4.53. The highest BCUT2D eigenvalue weighted by atomic mass is 15.3. The molecule has 1 aliphatic rings. The van der Waals surface area contributed by atoms with Crippen molar-refractivity contribution in [3.63, 3.8) is 0 Å². The first-order chi connectivity index (χ1) is 18.0. The molecule has 1 aromatic carbocycles. The molecule has 0 unspecified atom stereocenters. The second kappa shape index (κ2) is 9.71. The van der Waals surface area contributed by atoms with Gasteiger partial charge in [-0.15, -0.1) is 0 Å². The number of nitrogens with one attached hydrogen (secondary N) is 1. The van der Waals surface area contributed by atoms with Gasteiger partial charge in [-0.05, 0) is 86.0 Å². The van der Waals surface area contributed by atoms with E-state index in [0.29, 0.717) is 11.8 Å². The number of aromatic amines is 1. The summed E-state index contributed by atoms with van der Waals surface area (Å²) in [6, 6.07) is 9.34. The number of aryl methyl sites for hydroxylation is 2. The fourth-order valence-electron chi connectivity index (χ4n) is 5.89. The first-order valence-corrected chi connectivity index (χ1v) is 13.5. The number of rotatable bonds is 6. The van der Waals surface area contributed by atoms with Crippen molar-refractivity contribution in [1.29, 1.82) is 0 Å². The van der Waals surface area contributed by atoms with Crippen molar-refractivity contribution in [3.05, 3.63) is 77.3 Å². The van der Waals surface area contributed by atoms with Gasteiger partial charge in [-0.25, -0.2) is 19.5 Å². The lowest BCUT2D eigenvalue weighted by Crippen LogP contribution is -2.32. The predicted molar refractivity (Wildman–Crippen MR) is 148 cm³/mol. The molecule has 0 atom stereocenters. The first kappa shape index (κ1) is 23.8. The summed E-state index contributed by atoms with van der Waals surface area (Å²) in [6.45, 7) is 11.8. The van der Waals surface area contributed by atoms with Crippen molar-refractivity contribution >= 4 is 16.6 Å². The highest BCUT2D eigenvalue weighted by Crippen LogP contribution is 2.38. The van der Waals surface area contributed by atoms with Gasteiger partial charge in [-0.2, -0.15) is 5.10 Å². The summed E-state index contributed by atoms with van der Waals surface area (Å²) in [4.78, 5) is 19.5. The van der Waals surface area contributed by atoms with Gasteiger partial charge in [-0.1, -0.05) is 26.8 Å². The van der Waals surface area contributed by atoms with E-state index in [1.54, 1.807) is 6.33 Å². The van der Waals surface area contributed by atoms with E-state index in [0.717, 1.165) is 37.5 Å². The Morgan fingerprint density at radius 1 is 1.05 bits per heavy atom. The summed E-state index contributed by atoms with van der Waals surface area (Å²) in [5.74, 6) is 1.82. The van der Waals surface area contributed by atoms with Gasteiger partial charge in [0.05, 0.1) is 5.69 Å². The van der Waals surface area contributed by atoms with Gasteiger partial charge < -0.3 is 4.98 Å². The highest BCUT2D eigenvalue weighted by molar-refractivity contribution is 5.92. The van der Waals surface area contributed by atoms with E-state index in [2.05, 4.69) is 81.2 Å². The molecule has 0 radical (unpaired) electrons. The fourth-order valence-corrected chi connectivity index (χ4v) is 5.89. The van der Waals surface area contributed by atoms with Gasteiger partial charge in [0.1, 0.15) is 12.2 Å². The van der Waals surface area contributed by atoms with E-state index >= 15 is 0 Å². The summed E-state index contributed by atoms with van der Waals surface area (Å²) in [7, 11) is 0. The minimum Gasteiger partial charge on any atom is -0.354 e. The number of aromatic nitrogens is 6. The van der Waals surface area contributed by atoms with Crippen LogP contribution in [0, 0.1) is 6.92 Å². The number of benzene rings is 1. The lowest BCUT2D eigenvalue weighted by Gasteiger charge is -2.32. The van der Waals surface area contributed by atoms with Crippen LogP contribution in [-0.4, -0.2) is 47.5 Å². The van der Waals surface area contributed by atoms with Crippen LogP contribution in [0.3, 0.4) is 0 Å². The molecule has 0 saturated carbocycles. The molecule has 5 aromatic rings. The van der Waals surface area contributed by atoms with Crippen LogP contribution in [0.5, 0.6) is 0 Å². The Kier molecular flexibility index (Phi) is 6.24. The minimum atomic E-state index is 0.397. The van der Waals surface area contributed by atoms with Crippen LogP contribution in [0.1, 0.15) is 73.5 Å². The van der Waals surface area contributed by atoms with Crippen molar-refractivity contribution in [2.24, 2.45) is 0 Å². The second-order valence-electron chi connectivity index (χ2n) is 10.7. The molecule has 4 aromatic heterocycles. The average molecular weight is 494 g/mol. The quantitative estimate of drug-likeness (QED) is 0.312. The smallest absolute Gasteiger partial charge is 0.158 e. The van der Waals surface area contributed by atoms with Crippen LogP contribution < -0.4 is 0 Å². The van der Waals surface area contributed by atoms with Gasteiger partial charge >= 0.3 is 0 Å². The standard InChI is InChI=1S/C30H35N7/c1-5-22-12-25(17-37-30(22)33-18-34-37)29-28(19(2)3)26-13-24(6-7-27(26)35-29)23-8-10-36(11-9-23)16-21-14-31-20(4)32-15-21/h6-7,12-15,17-19,23,35H,5,8-11,16H2,1-4H3. The molecular weight excluding hydrogens is 458 g/mol. The number of fused-ring (bicyclic) bond motifs is 2. The van der Waals surface area contributed by atoms with Crippen molar-refractivity contribution < 1.29 is 0 Å². The molecule has 37 heavy (non-hydrogen) atoms. The topological polar surface area (TPSA) is 75.0 Å². The Balaban J connectivity index is 1.28. The predicted octanol–water partition coefficient (Wildman–Crippen LogP) is 6.04. The molecular formula is C30H35N7. The van der Waals surface area contributed by atoms with Crippen molar-refractivity contribution in [3.8, 4) is 11.3 Å². The molecule has 7 nitrogen and oxygen atoms in total. The maximum atomic E-state index is 4.45. The maximum absolute atomic E-state index is 4.45. The van der Waals surface area contributed by atoms with Crippen LogP contribution in [-0.2, 0) is 13.0 Å². The molecule has 0 aliphatic carbocycles. The van der Waals surface area contributed by atoms with Crippen molar-refractivity contribution in [2.45, 2.75) is 65.3 Å². The van der Waals surface area contributed by atoms with Crippen molar-refractivity contribution in [2.75, 3.05) is 13.1 Å². The lowest BCUT2D eigenvalue weighted by molar-refractivity contribution is 0.204. The van der Waals surface area contributed by atoms with Crippen LogP contribution in [0.15, 0.2) is 49.2 Å². The monoisotopic (exact) mass is 493 g/mol. The Labute approximate surface area is 218 Å². The van der Waals surface area contributed by atoms with Gasteiger partial charge in [0.15, 0.2) is 5.65 Å². The van der Waals surface area contributed by atoms with E-state index in [9.17, 15) is 0 Å². The first-order valence-electron chi connectivity index (χ1n) is 13.5. The van der Waals surface area contributed by atoms with Crippen molar-refractivity contribution in [1.82, 2.24) is 34.4 Å². The zero-order valence-electron chi connectivity index (χ0n) is 22.2. The molecule has 1 fully saturated rings. The Hall–Kier alpha value is -3.58. The van der Waals surface area contributed by atoms with Crippen LogP contribution in [0.4, 0.5) is 0 Å². The summed E-state index contributed by atoms with van der Waals surface area (Å²) >= 11 is 0. The Morgan fingerprint density at radius 3 is 2.57 bits per heavy atom. The van der Waals surface area contributed by atoms with Gasteiger partial charge in [0.25, 0.3) is 0 Å². The number of pyridine rings is 1. The molecule has 7 heteroatoms. The molecule has 0 bridgehead atoms. The number of hydrogen-bond donors (Lipinski definition) is 1. The summed E-state index contributed by atoms with van der Waals surface area (Å²) in [5, 5.41) is 5.78. The van der Waals surface area contributed by atoms with Crippen LogP contribution in [0.25, 0.3) is 27.8 Å².